The van der Waals surface area contributed by atoms with Gasteiger partial charge in [-0.3, -0.25) is 9.59 Å². The number of carbonyl (C=O) groups is 2. The fraction of sp³-hybridized carbons (Fsp3) is 0.871. The maximum atomic E-state index is 13.8. The summed E-state index contributed by atoms with van der Waals surface area (Å²) in [6.07, 6.45) is 8.14. The van der Waals surface area contributed by atoms with Crippen LogP contribution in [0, 0.1) is 46.3 Å². The average molecular weight is 519 g/mol. The number of aliphatic hydroxyl groups excluding tert-OH is 3. The standard InChI is InChI=1S/C31H50O6/c1-6-19(11-13-32)9-8-18(3)22-16-24(34)28-27-23(33)15-20-14-21(37-26(36)7-2)10-12-30(20,4)29(27)25(35)17-31(22,28)5/h15,18-19,21-22,24-25,27-29,32,34-35H,6-14,16-17H2,1-5H3/t18-,19-,21+,22-,24-,25-,27+,28+,29-,30+,31-/m1/s1. The molecule has 0 aliphatic heterocycles. The maximum Gasteiger partial charge on any atom is 0.305 e. The number of rotatable bonds is 9. The number of aliphatic hydroxyl groups is 3. The highest BCUT2D eigenvalue weighted by molar-refractivity contribution is 5.94. The molecule has 6 nitrogen and oxygen atoms in total. The van der Waals surface area contributed by atoms with E-state index in [0.29, 0.717) is 37.5 Å². The lowest BCUT2D eigenvalue weighted by Crippen LogP contribution is -2.60. The van der Waals surface area contributed by atoms with E-state index in [9.17, 15) is 24.9 Å². The number of esters is 1. The van der Waals surface area contributed by atoms with Crippen LogP contribution in [-0.4, -0.2) is 52.0 Å². The molecule has 6 heteroatoms. The Morgan fingerprint density at radius 2 is 1.86 bits per heavy atom. The fourth-order valence-electron chi connectivity index (χ4n) is 9.28. The van der Waals surface area contributed by atoms with Crippen LogP contribution in [0.3, 0.4) is 0 Å². The third-order valence-electron chi connectivity index (χ3n) is 11.3. The Morgan fingerprint density at radius 1 is 1.14 bits per heavy atom. The van der Waals surface area contributed by atoms with Gasteiger partial charge < -0.3 is 20.1 Å². The van der Waals surface area contributed by atoms with Gasteiger partial charge in [-0.2, -0.15) is 0 Å². The number of ketones is 1. The molecule has 3 saturated carbocycles. The Kier molecular flexibility index (Phi) is 8.62. The first-order valence-corrected chi connectivity index (χ1v) is 14.9. The van der Waals surface area contributed by atoms with E-state index in [-0.39, 0.29) is 59.0 Å². The first-order valence-electron chi connectivity index (χ1n) is 14.9. The van der Waals surface area contributed by atoms with Crippen LogP contribution in [0.1, 0.15) is 98.8 Å². The molecule has 11 atom stereocenters. The number of hydrogen-bond donors (Lipinski definition) is 3. The lowest BCUT2D eigenvalue weighted by Gasteiger charge is -2.59. The van der Waals surface area contributed by atoms with Crippen LogP contribution in [0.4, 0.5) is 0 Å². The number of allylic oxidation sites excluding steroid dienone is 1. The van der Waals surface area contributed by atoms with Gasteiger partial charge >= 0.3 is 5.97 Å². The Bertz CT molecular complexity index is 883. The molecule has 4 rings (SSSR count). The second-order valence-corrected chi connectivity index (χ2v) is 13.3. The number of carbonyl (C=O) groups excluding carboxylic acids is 2. The monoisotopic (exact) mass is 518 g/mol. The van der Waals surface area contributed by atoms with Crippen molar-refractivity contribution < 1.29 is 29.6 Å². The lowest BCUT2D eigenvalue weighted by atomic mass is 9.45. The van der Waals surface area contributed by atoms with Gasteiger partial charge in [0.05, 0.1) is 12.2 Å². The summed E-state index contributed by atoms with van der Waals surface area (Å²) in [5, 5.41) is 32.6. The minimum absolute atomic E-state index is 0.0382. The molecule has 3 fully saturated rings. The summed E-state index contributed by atoms with van der Waals surface area (Å²) in [4.78, 5) is 25.7. The summed E-state index contributed by atoms with van der Waals surface area (Å²) in [5.74, 6) is 0.246. The third kappa shape index (κ3) is 5.07. The molecule has 0 amide bonds. The first-order chi connectivity index (χ1) is 17.5. The van der Waals surface area contributed by atoms with Crippen LogP contribution in [-0.2, 0) is 14.3 Å². The zero-order valence-electron chi connectivity index (χ0n) is 23.6. The zero-order chi connectivity index (χ0) is 27.1. The summed E-state index contributed by atoms with van der Waals surface area (Å²) in [6, 6.07) is 0. The normalized spacial score (nSPS) is 42.8. The number of fused-ring (bicyclic) bond motifs is 5. The minimum Gasteiger partial charge on any atom is -0.462 e. The van der Waals surface area contributed by atoms with Gasteiger partial charge in [0, 0.05) is 37.2 Å². The van der Waals surface area contributed by atoms with Gasteiger partial charge in [0.15, 0.2) is 5.78 Å². The lowest BCUT2D eigenvalue weighted by molar-refractivity contribution is -0.164. The van der Waals surface area contributed by atoms with E-state index in [2.05, 4.69) is 27.7 Å². The van der Waals surface area contributed by atoms with Gasteiger partial charge in [0.1, 0.15) is 6.10 Å². The molecular formula is C31H50O6. The van der Waals surface area contributed by atoms with E-state index in [1.54, 1.807) is 13.0 Å². The van der Waals surface area contributed by atoms with Crippen molar-refractivity contribution in [3.8, 4) is 0 Å². The third-order valence-corrected chi connectivity index (χ3v) is 11.3. The molecule has 0 unspecified atom stereocenters. The maximum absolute atomic E-state index is 13.8. The summed E-state index contributed by atoms with van der Waals surface area (Å²) in [7, 11) is 0. The van der Waals surface area contributed by atoms with Crippen LogP contribution < -0.4 is 0 Å². The summed E-state index contributed by atoms with van der Waals surface area (Å²) in [6.45, 7) is 10.9. The highest BCUT2D eigenvalue weighted by Gasteiger charge is 2.66. The van der Waals surface area contributed by atoms with Gasteiger partial charge in [-0.05, 0) is 66.8 Å². The molecule has 4 aliphatic rings. The van der Waals surface area contributed by atoms with Gasteiger partial charge in [-0.1, -0.05) is 59.5 Å². The molecule has 0 bridgehead atoms. The quantitative estimate of drug-likeness (QED) is 0.378. The SMILES string of the molecule is CCC(=O)O[C@H]1CC[C@@]2(C)C(=CC(=O)[C@H]3[C@@H]4[C@H](O)C[C@H]([C@H](C)CC[C@@H](CC)CCO)[C@@]4(C)C[C@@H](O)[C@H]32)C1. The largest absolute Gasteiger partial charge is 0.462 e. The Balaban J connectivity index is 1.57. The molecule has 210 valence electrons. The molecule has 3 N–H and O–H groups in total. The van der Waals surface area contributed by atoms with Crippen molar-refractivity contribution in [1.82, 2.24) is 0 Å². The van der Waals surface area contributed by atoms with E-state index in [1.807, 2.05) is 0 Å². The van der Waals surface area contributed by atoms with Crippen molar-refractivity contribution >= 4 is 11.8 Å². The van der Waals surface area contributed by atoms with Crippen molar-refractivity contribution in [2.45, 2.75) is 117 Å². The molecule has 0 aromatic rings. The topological polar surface area (TPSA) is 104 Å². The van der Waals surface area contributed by atoms with Crippen molar-refractivity contribution in [1.29, 1.82) is 0 Å². The number of hydrogen-bond acceptors (Lipinski definition) is 6. The second kappa shape index (κ2) is 11.1. The predicted molar refractivity (Wildman–Crippen MR) is 142 cm³/mol. The molecule has 0 heterocycles. The van der Waals surface area contributed by atoms with Gasteiger partial charge in [0.2, 0.25) is 0 Å². The molecule has 37 heavy (non-hydrogen) atoms. The Labute approximate surface area is 223 Å². The number of ether oxygens (including phenoxy) is 1. The summed E-state index contributed by atoms with van der Waals surface area (Å²) >= 11 is 0. The van der Waals surface area contributed by atoms with E-state index in [0.717, 1.165) is 44.1 Å². The molecular weight excluding hydrogens is 468 g/mol. The van der Waals surface area contributed by atoms with Crippen LogP contribution in [0.25, 0.3) is 0 Å². The summed E-state index contributed by atoms with van der Waals surface area (Å²) in [5.41, 5.74) is 0.397. The van der Waals surface area contributed by atoms with Crippen molar-refractivity contribution in [2.24, 2.45) is 46.3 Å². The predicted octanol–water partition coefficient (Wildman–Crippen LogP) is 4.83. The summed E-state index contributed by atoms with van der Waals surface area (Å²) < 4.78 is 5.63. The average Bonchev–Trinajstić information content (AvgIpc) is 3.11. The van der Waals surface area contributed by atoms with Crippen molar-refractivity contribution in [2.75, 3.05) is 6.61 Å². The Hall–Kier alpha value is -1.24. The van der Waals surface area contributed by atoms with Gasteiger partial charge in [0.25, 0.3) is 0 Å². The highest BCUT2D eigenvalue weighted by atomic mass is 16.5. The Morgan fingerprint density at radius 3 is 2.51 bits per heavy atom. The van der Waals surface area contributed by atoms with E-state index < -0.39 is 12.2 Å². The van der Waals surface area contributed by atoms with Crippen molar-refractivity contribution in [3.05, 3.63) is 11.6 Å². The smallest absolute Gasteiger partial charge is 0.305 e. The van der Waals surface area contributed by atoms with Crippen LogP contribution >= 0.6 is 0 Å². The van der Waals surface area contributed by atoms with Crippen molar-refractivity contribution in [3.63, 3.8) is 0 Å². The molecule has 0 aromatic heterocycles. The molecule has 0 saturated heterocycles. The molecule has 0 aromatic carbocycles. The second-order valence-electron chi connectivity index (χ2n) is 13.3. The van der Waals surface area contributed by atoms with Crippen LogP contribution in [0.2, 0.25) is 0 Å². The minimum atomic E-state index is -0.601. The van der Waals surface area contributed by atoms with Gasteiger partial charge in [-0.25, -0.2) is 0 Å². The van der Waals surface area contributed by atoms with Crippen LogP contribution in [0.15, 0.2) is 11.6 Å². The zero-order valence-corrected chi connectivity index (χ0v) is 23.6. The highest BCUT2D eigenvalue weighted by Crippen LogP contribution is 2.66. The first kappa shape index (κ1) is 28.8. The fourth-order valence-corrected chi connectivity index (χ4v) is 9.28. The van der Waals surface area contributed by atoms with E-state index >= 15 is 0 Å². The van der Waals surface area contributed by atoms with E-state index in [4.69, 9.17) is 4.74 Å². The molecule has 4 aliphatic carbocycles. The molecule has 0 radical (unpaired) electrons. The molecule has 0 spiro atoms. The van der Waals surface area contributed by atoms with Gasteiger partial charge in [-0.15, -0.1) is 0 Å². The van der Waals surface area contributed by atoms with Crippen LogP contribution in [0.5, 0.6) is 0 Å². The van der Waals surface area contributed by atoms with E-state index in [1.165, 1.54) is 0 Å².